The Morgan fingerprint density at radius 1 is 1.00 bits per heavy atom. The van der Waals surface area contributed by atoms with E-state index in [1.807, 2.05) is 36.0 Å². The lowest BCUT2D eigenvalue weighted by Gasteiger charge is -2.27. The Morgan fingerprint density at radius 3 is 2.70 bits per heavy atom. The van der Waals surface area contributed by atoms with Gasteiger partial charge >= 0.3 is 11.5 Å². The molecule has 0 atom stereocenters. The van der Waals surface area contributed by atoms with Crippen molar-refractivity contribution in [1.82, 2.24) is 4.98 Å². The van der Waals surface area contributed by atoms with Crippen molar-refractivity contribution in [3.63, 3.8) is 0 Å². The molecule has 0 spiro atoms. The summed E-state index contributed by atoms with van der Waals surface area (Å²) in [6, 6.07) is 23.1. The fourth-order valence-corrected chi connectivity index (χ4v) is 3.95. The molecule has 0 amide bonds. The third kappa shape index (κ3) is 3.64. The number of benzene rings is 2. The van der Waals surface area contributed by atoms with Gasteiger partial charge in [0.15, 0.2) is 0 Å². The van der Waals surface area contributed by atoms with Crippen molar-refractivity contribution >= 4 is 28.6 Å². The summed E-state index contributed by atoms with van der Waals surface area (Å²) in [4.78, 5) is 6.99. The number of hydrogen-bond acceptors (Lipinski definition) is 3. The second kappa shape index (κ2) is 7.99. The molecule has 5 rings (SSSR count). The molecular formula is C26H24N3O+. The highest BCUT2D eigenvalue weighted by Gasteiger charge is 2.19. The van der Waals surface area contributed by atoms with E-state index in [1.165, 1.54) is 16.8 Å². The van der Waals surface area contributed by atoms with Crippen molar-refractivity contribution in [3.8, 4) is 0 Å². The molecule has 1 aliphatic heterocycles. The Hall–Kier alpha value is -3.66. The van der Waals surface area contributed by atoms with E-state index in [-0.39, 0.29) is 0 Å². The van der Waals surface area contributed by atoms with Crippen LogP contribution in [0.4, 0.5) is 5.69 Å². The van der Waals surface area contributed by atoms with Crippen molar-refractivity contribution in [2.45, 2.75) is 12.8 Å². The number of nitrogens with zero attached hydrogens (tertiary/aromatic N) is 3. The van der Waals surface area contributed by atoms with E-state index in [9.17, 15) is 0 Å². The van der Waals surface area contributed by atoms with Gasteiger partial charge in [0.05, 0.1) is 13.2 Å². The van der Waals surface area contributed by atoms with Crippen molar-refractivity contribution in [2.24, 2.45) is 7.05 Å². The van der Waals surface area contributed by atoms with Gasteiger partial charge in [-0.1, -0.05) is 48.5 Å². The van der Waals surface area contributed by atoms with Gasteiger partial charge in [0, 0.05) is 35.1 Å². The molecule has 0 bridgehead atoms. The number of anilines is 1. The van der Waals surface area contributed by atoms with Crippen LogP contribution in [0.3, 0.4) is 0 Å². The molecule has 1 aliphatic rings. The molecule has 2 aromatic carbocycles. The normalized spacial score (nSPS) is 14.4. The summed E-state index contributed by atoms with van der Waals surface area (Å²) >= 11 is 0. The quantitative estimate of drug-likeness (QED) is 0.439. The molecule has 0 fully saturated rings. The molecule has 0 saturated heterocycles. The van der Waals surface area contributed by atoms with E-state index in [2.05, 4.69) is 76.8 Å². The topological polar surface area (TPSA) is 33.1 Å². The largest absolute Gasteiger partial charge is 0.411 e. The minimum Gasteiger partial charge on any atom is -0.411 e. The van der Waals surface area contributed by atoms with Crippen LogP contribution in [0.1, 0.15) is 23.4 Å². The number of pyridine rings is 1. The van der Waals surface area contributed by atoms with Gasteiger partial charge < -0.3 is 9.32 Å². The molecule has 3 heterocycles. The first kappa shape index (κ1) is 18.4. The number of para-hydroxylation sites is 1. The van der Waals surface area contributed by atoms with Crippen molar-refractivity contribution in [3.05, 3.63) is 102 Å². The van der Waals surface area contributed by atoms with E-state index in [0.717, 1.165) is 36.2 Å². The second-order valence-electron chi connectivity index (χ2n) is 7.57. The van der Waals surface area contributed by atoms with Gasteiger partial charge in [0.1, 0.15) is 0 Å². The summed E-state index contributed by atoms with van der Waals surface area (Å²) in [5.74, 6) is 0.624. The summed E-state index contributed by atoms with van der Waals surface area (Å²) in [7, 11) is 1.98. The van der Waals surface area contributed by atoms with E-state index < -0.39 is 0 Å². The van der Waals surface area contributed by atoms with E-state index >= 15 is 0 Å². The van der Waals surface area contributed by atoms with Gasteiger partial charge in [-0.25, -0.2) is 4.57 Å². The lowest BCUT2D eigenvalue weighted by molar-refractivity contribution is -0.646. The van der Waals surface area contributed by atoms with Crippen molar-refractivity contribution < 1.29 is 8.98 Å². The average Bonchev–Trinajstić information content (AvgIpc) is 3.20. The molecule has 4 nitrogen and oxygen atoms in total. The molecule has 4 aromatic rings. The second-order valence-corrected chi connectivity index (χ2v) is 7.57. The SMILES string of the molecule is C[n+]1cccc2oc(/C=C3\C=CN(CCCc4ccccc4)c4ccccc43)nc21. The van der Waals surface area contributed by atoms with Gasteiger partial charge in [-0.3, -0.25) is 0 Å². The number of aromatic nitrogens is 2. The fraction of sp³-hybridized carbons (Fsp3) is 0.154. The summed E-state index contributed by atoms with van der Waals surface area (Å²) in [6.45, 7) is 0.981. The third-order valence-corrected chi connectivity index (χ3v) is 5.49. The maximum atomic E-state index is 5.95. The van der Waals surface area contributed by atoms with E-state index in [4.69, 9.17) is 4.42 Å². The molecule has 30 heavy (non-hydrogen) atoms. The minimum absolute atomic E-state index is 0.624. The minimum atomic E-state index is 0.624. The zero-order valence-electron chi connectivity index (χ0n) is 17.0. The predicted molar refractivity (Wildman–Crippen MR) is 121 cm³/mol. The Bertz CT molecular complexity index is 1240. The smallest absolute Gasteiger partial charge is 0.370 e. The van der Waals surface area contributed by atoms with Crippen LogP contribution in [0, 0.1) is 0 Å². The zero-order chi connectivity index (χ0) is 20.3. The predicted octanol–water partition coefficient (Wildman–Crippen LogP) is 5.16. The molecule has 2 aromatic heterocycles. The van der Waals surface area contributed by atoms with Crippen molar-refractivity contribution in [1.29, 1.82) is 0 Å². The Balaban J connectivity index is 1.39. The average molecular weight is 394 g/mol. The maximum Gasteiger partial charge on any atom is 0.370 e. The standard InChI is InChI=1S/C26H24N3O/c1-28-16-8-14-24-26(28)27-25(30-24)19-21-15-18-29(23-13-6-5-12-22(21)23)17-7-11-20-9-3-2-4-10-20/h2-6,8-10,12-16,18-19H,7,11,17H2,1H3/q+1. The van der Waals surface area contributed by atoms with Crippen LogP contribution in [0.25, 0.3) is 22.9 Å². The first-order chi connectivity index (χ1) is 14.8. The summed E-state index contributed by atoms with van der Waals surface area (Å²) in [5.41, 5.74) is 6.56. The van der Waals surface area contributed by atoms with E-state index in [0.29, 0.717) is 5.89 Å². The molecular weight excluding hydrogens is 370 g/mol. The van der Waals surface area contributed by atoms with Crippen LogP contribution in [0.5, 0.6) is 0 Å². The van der Waals surface area contributed by atoms with Gasteiger partial charge in [-0.2, -0.15) is 0 Å². The zero-order valence-corrected chi connectivity index (χ0v) is 17.0. The Labute approximate surface area is 176 Å². The van der Waals surface area contributed by atoms with Crippen molar-refractivity contribution in [2.75, 3.05) is 11.4 Å². The molecule has 0 N–H and O–H groups in total. The molecule has 4 heteroatoms. The van der Waals surface area contributed by atoms with Crippen LogP contribution in [-0.2, 0) is 13.5 Å². The van der Waals surface area contributed by atoms with Gasteiger partial charge in [-0.05, 0) is 48.3 Å². The van der Waals surface area contributed by atoms with Crippen LogP contribution in [0.15, 0.2) is 89.6 Å². The van der Waals surface area contributed by atoms with Crippen LogP contribution in [-0.4, -0.2) is 11.5 Å². The summed E-state index contributed by atoms with van der Waals surface area (Å²) in [6.07, 6.45) is 10.5. The highest BCUT2D eigenvalue weighted by atomic mass is 16.3. The lowest BCUT2D eigenvalue weighted by Crippen LogP contribution is -2.28. The monoisotopic (exact) mass is 394 g/mol. The first-order valence-electron chi connectivity index (χ1n) is 10.3. The molecule has 0 unspecified atom stereocenters. The van der Waals surface area contributed by atoms with E-state index in [1.54, 1.807) is 0 Å². The molecule has 0 radical (unpaired) electrons. The Morgan fingerprint density at radius 2 is 1.83 bits per heavy atom. The van der Waals surface area contributed by atoms with Gasteiger partial charge in [0.2, 0.25) is 5.58 Å². The van der Waals surface area contributed by atoms with Crippen LogP contribution < -0.4 is 9.47 Å². The van der Waals surface area contributed by atoms with Gasteiger partial charge in [-0.15, -0.1) is 0 Å². The number of aryl methyl sites for hydroxylation is 2. The lowest BCUT2D eigenvalue weighted by atomic mass is 9.99. The maximum absolute atomic E-state index is 5.95. The number of oxazole rings is 1. The third-order valence-electron chi connectivity index (χ3n) is 5.49. The van der Waals surface area contributed by atoms with Gasteiger partial charge in [0.25, 0.3) is 0 Å². The molecule has 0 aliphatic carbocycles. The summed E-state index contributed by atoms with van der Waals surface area (Å²) < 4.78 is 7.92. The Kier molecular flexibility index (Phi) is 4.89. The molecule has 148 valence electrons. The first-order valence-corrected chi connectivity index (χ1v) is 10.3. The number of allylic oxidation sites excluding steroid dienone is 2. The summed E-state index contributed by atoms with van der Waals surface area (Å²) in [5, 5.41) is 0. The number of rotatable bonds is 5. The number of fused-ring (bicyclic) bond motifs is 2. The number of hydrogen-bond donors (Lipinski definition) is 0. The molecule has 0 saturated carbocycles. The highest BCUT2D eigenvalue weighted by molar-refractivity contribution is 5.94. The van der Waals surface area contributed by atoms with Crippen LogP contribution in [0.2, 0.25) is 0 Å². The fourth-order valence-electron chi connectivity index (χ4n) is 3.95. The van der Waals surface area contributed by atoms with Crippen LogP contribution >= 0.6 is 0 Å². The highest BCUT2D eigenvalue weighted by Crippen LogP contribution is 2.34.